The molecule has 1 aliphatic carbocycles. The number of hydrogen-bond acceptors (Lipinski definition) is 2. The van der Waals surface area contributed by atoms with Crippen LogP contribution in [0, 0.1) is 11.8 Å². The zero-order valence-corrected chi connectivity index (χ0v) is 13.8. The Morgan fingerprint density at radius 3 is 2.67 bits per heavy atom. The molecule has 0 aliphatic heterocycles. The number of carbonyl (C=O) groups excluding carboxylic acids is 1. The number of hydrogen-bond donors (Lipinski definition) is 2. The van der Waals surface area contributed by atoms with Gasteiger partial charge in [0.15, 0.2) is 0 Å². The zero-order chi connectivity index (χ0) is 17.9. The lowest BCUT2D eigenvalue weighted by molar-refractivity contribution is -0.274. The van der Waals surface area contributed by atoms with Crippen LogP contribution in [0.5, 0.6) is 5.75 Å². The smallest absolute Gasteiger partial charge is 0.406 e. The molecule has 1 aromatic rings. The molecule has 7 heteroatoms. The first-order chi connectivity index (χ1) is 11.2. The van der Waals surface area contributed by atoms with Gasteiger partial charge in [0.05, 0.1) is 0 Å². The highest BCUT2D eigenvalue weighted by Crippen LogP contribution is 2.37. The van der Waals surface area contributed by atoms with E-state index in [4.69, 9.17) is 0 Å². The molecular weight excluding hydrogens is 321 g/mol. The Hall–Kier alpha value is -2.18. The molecule has 0 bridgehead atoms. The summed E-state index contributed by atoms with van der Waals surface area (Å²) in [6.07, 6.45) is -3.89. The van der Waals surface area contributed by atoms with E-state index < -0.39 is 6.36 Å². The van der Waals surface area contributed by atoms with E-state index in [-0.39, 0.29) is 18.3 Å². The Bertz CT molecular complexity index is 639. The number of alkyl halides is 3. The van der Waals surface area contributed by atoms with Crippen molar-refractivity contribution in [2.45, 2.75) is 40.1 Å². The van der Waals surface area contributed by atoms with E-state index >= 15 is 0 Å². The highest BCUT2D eigenvalue weighted by atomic mass is 19.4. The highest BCUT2D eigenvalue weighted by molar-refractivity contribution is 5.76. The van der Waals surface area contributed by atoms with Crippen LogP contribution in [0.1, 0.15) is 32.8 Å². The van der Waals surface area contributed by atoms with Gasteiger partial charge in [0.2, 0.25) is 0 Å². The SMILES string of the molecule is CC1=C(NC(=O)NCc2cccc(OC(F)(F)F)c2)CC1C(C)C. The molecule has 0 fully saturated rings. The maximum atomic E-state index is 12.2. The Balaban J connectivity index is 1.86. The van der Waals surface area contributed by atoms with Crippen molar-refractivity contribution < 1.29 is 22.7 Å². The fourth-order valence-corrected chi connectivity index (χ4v) is 2.73. The average Bonchev–Trinajstić information content (AvgIpc) is 2.46. The van der Waals surface area contributed by atoms with Gasteiger partial charge >= 0.3 is 12.4 Å². The van der Waals surface area contributed by atoms with Crippen LogP contribution in [0.3, 0.4) is 0 Å². The Labute approximate surface area is 139 Å². The van der Waals surface area contributed by atoms with Crippen molar-refractivity contribution in [2.24, 2.45) is 11.8 Å². The van der Waals surface area contributed by atoms with E-state index in [0.717, 1.165) is 12.1 Å². The second-order valence-electron chi connectivity index (χ2n) is 6.22. The standard InChI is InChI=1S/C17H21F3N2O2/c1-10(2)14-8-15(11(14)3)22-16(23)21-9-12-5-4-6-13(7-12)24-17(18,19)20/h4-7,10,14H,8-9H2,1-3H3,(H2,21,22,23). The minimum absolute atomic E-state index is 0.112. The summed E-state index contributed by atoms with van der Waals surface area (Å²) in [7, 11) is 0. The van der Waals surface area contributed by atoms with Gasteiger partial charge in [0, 0.05) is 12.2 Å². The Kier molecular flexibility index (Phi) is 5.41. The van der Waals surface area contributed by atoms with Crippen LogP contribution in [0.25, 0.3) is 0 Å². The van der Waals surface area contributed by atoms with E-state index in [1.165, 1.54) is 23.8 Å². The van der Waals surface area contributed by atoms with Gasteiger partial charge in [-0.05, 0) is 42.9 Å². The molecule has 1 aliphatic rings. The number of halogens is 3. The van der Waals surface area contributed by atoms with Crippen LogP contribution in [0.4, 0.5) is 18.0 Å². The second-order valence-corrected chi connectivity index (χ2v) is 6.22. The fraction of sp³-hybridized carbons (Fsp3) is 0.471. The summed E-state index contributed by atoms with van der Waals surface area (Å²) in [6, 6.07) is 5.16. The molecule has 0 spiro atoms. The molecule has 4 nitrogen and oxygen atoms in total. The Morgan fingerprint density at radius 1 is 1.38 bits per heavy atom. The third kappa shape index (κ3) is 4.91. The molecule has 0 radical (unpaired) electrons. The number of urea groups is 1. The van der Waals surface area contributed by atoms with Crippen molar-refractivity contribution in [3.05, 3.63) is 41.1 Å². The summed E-state index contributed by atoms with van der Waals surface area (Å²) in [5.41, 5.74) is 2.62. The first-order valence-corrected chi connectivity index (χ1v) is 7.75. The number of ether oxygens (including phenoxy) is 1. The summed E-state index contributed by atoms with van der Waals surface area (Å²) in [6.45, 7) is 6.39. The number of amides is 2. The molecule has 0 aromatic heterocycles. The van der Waals surface area contributed by atoms with Crippen LogP contribution < -0.4 is 15.4 Å². The van der Waals surface area contributed by atoms with Crippen molar-refractivity contribution in [2.75, 3.05) is 0 Å². The average molecular weight is 342 g/mol. The molecule has 2 rings (SSSR count). The van der Waals surface area contributed by atoms with Crippen LogP contribution in [-0.2, 0) is 6.54 Å². The summed E-state index contributed by atoms with van der Waals surface area (Å²) >= 11 is 0. The van der Waals surface area contributed by atoms with Gasteiger partial charge in [-0.1, -0.05) is 31.6 Å². The van der Waals surface area contributed by atoms with Gasteiger partial charge < -0.3 is 15.4 Å². The van der Waals surface area contributed by atoms with Gasteiger partial charge in [-0.2, -0.15) is 0 Å². The lowest BCUT2D eigenvalue weighted by Crippen LogP contribution is -2.39. The topological polar surface area (TPSA) is 50.4 Å². The van der Waals surface area contributed by atoms with E-state index in [0.29, 0.717) is 17.4 Å². The van der Waals surface area contributed by atoms with Gasteiger partial charge in [-0.3, -0.25) is 0 Å². The molecule has 2 N–H and O–H groups in total. The number of carbonyl (C=O) groups is 1. The van der Waals surface area contributed by atoms with Crippen LogP contribution >= 0.6 is 0 Å². The van der Waals surface area contributed by atoms with E-state index in [1.54, 1.807) is 6.07 Å². The second kappa shape index (κ2) is 7.15. The normalized spacial score (nSPS) is 17.5. The van der Waals surface area contributed by atoms with Crippen molar-refractivity contribution >= 4 is 6.03 Å². The molecule has 1 aromatic carbocycles. The van der Waals surface area contributed by atoms with E-state index in [2.05, 4.69) is 29.2 Å². The molecule has 1 unspecified atom stereocenters. The fourth-order valence-electron chi connectivity index (χ4n) is 2.73. The third-order valence-corrected chi connectivity index (χ3v) is 4.11. The van der Waals surface area contributed by atoms with E-state index in [1.807, 2.05) is 6.92 Å². The lowest BCUT2D eigenvalue weighted by Gasteiger charge is -2.34. The first-order valence-electron chi connectivity index (χ1n) is 7.75. The number of allylic oxidation sites excluding steroid dienone is 2. The minimum atomic E-state index is -4.73. The zero-order valence-electron chi connectivity index (χ0n) is 13.8. The van der Waals surface area contributed by atoms with Gasteiger partial charge in [0.1, 0.15) is 5.75 Å². The molecule has 24 heavy (non-hydrogen) atoms. The van der Waals surface area contributed by atoms with Crippen molar-refractivity contribution in [1.82, 2.24) is 10.6 Å². The van der Waals surface area contributed by atoms with Crippen molar-refractivity contribution in [1.29, 1.82) is 0 Å². The largest absolute Gasteiger partial charge is 0.573 e. The van der Waals surface area contributed by atoms with Crippen LogP contribution in [-0.4, -0.2) is 12.4 Å². The van der Waals surface area contributed by atoms with Gasteiger partial charge in [0.25, 0.3) is 0 Å². The molecule has 0 saturated carbocycles. The monoisotopic (exact) mass is 342 g/mol. The summed E-state index contributed by atoms with van der Waals surface area (Å²) in [4.78, 5) is 11.9. The quantitative estimate of drug-likeness (QED) is 0.836. The molecule has 1 atom stereocenters. The maximum Gasteiger partial charge on any atom is 0.573 e. The molecule has 2 amide bonds. The minimum Gasteiger partial charge on any atom is -0.406 e. The number of rotatable bonds is 5. The van der Waals surface area contributed by atoms with Crippen molar-refractivity contribution in [3.8, 4) is 5.75 Å². The summed E-state index contributed by atoms with van der Waals surface area (Å²) in [5, 5.41) is 5.42. The third-order valence-electron chi connectivity index (χ3n) is 4.11. The van der Waals surface area contributed by atoms with Crippen molar-refractivity contribution in [3.63, 3.8) is 0 Å². The predicted molar refractivity (Wildman–Crippen MR) is 84.1 cm³/mol. The van der Waals surface area contributed by atoms with Crippen LogP contribution in [0.15, 0.2) is 35.5 Å². The molecule has 0 heterocycles. The summed E-state index contributed by atoms with van der Waals surface area (Å²) < 4.78 is 40.4. The predicted octanol–water partition coefficient (Wildman–Crippen LogP) is 4.33. The molecule has 0 saturated heterocycles. The molecule has 132 valence electrons. The first kappa shape index (κ1) is 18.2. The number of benzene rings is 1. The summed E-state index contributed by atoms with van der Waals surface area (Å²) in [5.74, 6) is 0.728. The lowest BCUT2D eigenvalue weighted by atomic mass is 9.75. The van der Waals surface area contributed by atoms with Gasteiger partial charge in [-0.15, -0.1) is 13.2 Å². The number of nitrogens with one attached hydrogen (secondary N) is 2. The van der Waals surface area contributed by atoms with Crippen LogP contribution in [0.2, 0.25) is 0 Å². The molecular formula is C17H21F3N2O2. The Morgan fingerprint density at radius 2 is 2.08 bits per heavy atom. The van der Waals surface area contributed by atoms with Gasteiger partial charge in [-0.25, -0.2) is 4.79 Å². The van der Waals surface area contributed by atoms with E-state index in [9.17, 15) is 18.0 Å². The highest BCUT2D eigenvalue weighted by Gasteiger charge is 2.31. The maximum absolute atomic E-state index is 12.2.